The number of rotatable bonds is 0. The Labute approximate surface area is 107 Å². The fraction of sp³-hybridized carbons (Fsp3) is 0.412. The summed E-state index contributed by atoms with van der Waals surface area (Å²) in [6, 6.07) is 8.96. The van der Waals surface area contributed by atoms with Crippen LogP contribution in [-0.4, -0.2) is 5.11 Å². The normalized spacial score (nSPS) is 25.4. The predicted octanol–water partition coefficient (Wildman–Crippen LogP) is 3.48. The maximum Gasteiger partial charge on any atom is 0.0871 e. The van der Waals surface area contributed by atoms with Crippen molar-refractivity contribution in [3.63, 3.8) is 0 Å². The van der Waals surface area contributed by atoms with Gasteiger partial charge in [-0.05, 0) is 72.1 Å². The van der Waals surface area contributed by atoms with Crippen LogP contribution in [0.3, 0.4) is 0 Å². The van der Waals surface area contributed by atoms with Crippen molar-refractivity contribution in [2.75, 3.05) is 0 Å². The number of hydrogen-bond donors (Lipinski definition) is 1. The second-order valence-corrected chi connectivity index (χ2v) is 6.03. The Bertz CT molecular complexity index is 652. The summed E-state index contributed by atoms with van der Waals surface area (Å²) in [5.74, 6) is 0. The number of aryl methyl sites for hydroxylation is 3. The summed E-state index contributed by atoms with van der Waals surface area (Å²) in [6.07, 6.45) is 5.41. The Hall–Kier alpha value is -1.34. The van der Waals surface area contributed by atoms with Gasteiger partial charge in [-0.15, -0.1) is 0 Å². The van der Waals surface area contributed by atoms with Gasteiger partial charge in [0.15, 0.2) is 0 Å². The Kier molecular flexibility index (Phi) is 1.97. The maximum atomic E-state index is 10.6. The molecule has 1 nitrogen and oxygen atoms in total. The van der Waals surface area contributed by atoms with Crippen LogP contribution in [0.25, 0.3) is 10.8 Å². The van der Waals surface area contributed by atoms with Crippen LogP contribution < -0.4 is 0 Å². The lowest BCUT2D eigenvalue weighted by molar-refractivity contribution is 0.0389. The molecule has 0 aromatic heterocycles. The van der Waals surface area contributed by atoms with Crippen molar-refractivity contribution in [1.82, 2.24) is 0 Å². The molecule has 0 spiro atoms. The van der Waals surface area contributed by atoms with E-state index in [0.717, 1.165) is 32.1 Å². The Morgan fingerprint density at radius 1 is 1.11 bits per heavy atom. The lowest BCUT2D eigenvalue weighted by atomic mass is 9.77. The van der Waals surface area contributed by atoms with Crippen molar-refractivity contribution < 1.29 is 5.11 Å². The number of benzene rings is 2. The molecule has 2 aliphatic rings. The molecule has 2 aliphatic carbocycles. The van der Waals surface area contributed by atoms with E-state index in [1.807, 2.05) is 6.92 Å². The smallest absolute Gasteiger partial charge is 0.0871 e. The first-order valence-corrected chi connectivity index (χ1v) is 6.96. The zero-order valence-electron chi connectivity index (χ0n) is 10.8. The quantitative estimate of drug-likeness (QED) is 0.745. The van der Waals surface area contributed by atoms with Gasteiger partial charge >= 0.3 is 0 Å². The van der Waals surface area contributed by atoms with E-state index < -0.39 is 5.60 Å². The molecule has 2 aromatic rings. The van der Waals surface area contributed by atoms with Crippen molar-refractivity contribution >= 4 is 10.8 Å². The van der Waals surface area contributed by atoms with Crippen LogP contribution in [0.2, 0.25) is 0 Å². The van der Waals surface area contributed by atoms with Gasteiger partial charge < -0.3 is 5.11 Å². The number of fused-ring (bicyclic) bond motifs is 2. The topological polar surface area (TPSA) is 20.2 Å². The van der Waals surface area contributed by atoms with Gasteiger partial charge in [0.1, 0.15) is 0 Å². The summed E-state index contributed by atoms with van der Waals surface area (Å²) < 4.78 is 0. The van der Waals surface area contributed by atoms with Gasteiger partial charge in [-0.3, -0.25) is 0 Å². The highest BCUT2D eigenvalue weighted by atomic mass is 16.3. The van der Waals surface area contributed by atoms with Crippen molar-refractivity contribution in [3.05, 3.63) is 46.5 Å². The molecular weight excluding hydrogens is 220 g/mol. The van der Waals surface area contributed by atoms with E-state index in [0.29, 0.717) is 0 Å². The summed E-state index contributed by atoms with van der Waals surface area (Å²) in [5, 5.41) is 13.5. The molecule has 2 aromatic carbocycles. The molecule has 4 rings (SSSR count). The van der Waals surface area contributed by atoms with Crippen LogP contribution in [0.5, 0.6) is 0 Å². The van der Waals surface area contributed by atoms with Crippen LogP contribution in [0.4, 0.5) is 0 Å². The molecule has 0 bridgehead atoms. The minimum atomic E-state index is -0.628. The third kappa shape index (κ3) is 1.26. The highest BCUT2D eigenvalue weighted by Gasteiger charge is 2.32. The molecule has 18 heavy (non-hydrogen) atoms. The van der Waals surface area contributed by atoms with Crippen LogP contribution >= 0.6 is 0 Å². The molecule has 1 unspecified atom stereocenters. The third-order valence-electron chi connectivity index (χ3n) is 4.77. The zero-order chi connectivity index (χ0) is 12.3. The lowest BCUT2D eigenvalue weighted by Gasteiger charge is -2.32. The molecule has 0 saturated heterocycles. The van der Waals surface area contributed by atoms with Crippen LogP contribution in [-0.2, 0) is 24.9 Å². The summed E-state index contributed by atoms with van der Waals surface area (Å²) in [5.41, 5.74) is 4.90. The van der Waals surface area contributed by atoms with Crippen LogP contribution in [0.15, 0.2) is 24.3 Å². The zero-order valence-corrected chi connectivity index (χ0v) is 10.8. The van der Waals surface area contributed by atoms with Gasteiger partial charge in [0.05, 0.1) is 5.60 Å². The molecule has 0 saturated carbocycles. The Morgan fingerprint density at radius 2 is 1.94 bits per heavy atom. The van der Waals surface area contributed by atoms with Gasteiger partial charge in [-0.25, -0.2) is 0 Å². The van der Waals surface area contributed by atoms with Gasteiger partial charge in [0.25, 0.3) is 0 Å². The number of aliphatic hydroxyl groups is 1. The van der Waals surface area contributed by atoms with E-state index >= 15 is 0 Å². The van der Waals surface area contributed by atoms with E-state index in [1.165, 1.54) is 33.0 Å². The van der Waals surface area contributed by atoms with Crippen LogP contribution in [0, 0.1) is 0 Å². The third-order valence-corrected chi connectivity index (χ3v) is 4.77. The van der Waals surface area contributed by atoms with Gasteiger partial charge in [-0.1, -0.05) is 24.3 Å². The second-order valence-electron chi connectivity index (χ2n) is 6.03. The molecule has 1 N–H and O–H groups in total. The van der Waals surface area contributed by atoms with Crippen molar-refractivity contribution in [2.24, 2.45) is 0 Å². The van der Waals surface area contributed by atoms with E-state index in [2.05, 4.69) is 24.3 Å². The average molecular weight is 238 g/mol. The summed E-state index contributed by atoms with van der Waals surface area (Å²) in [4.78, 5) is 0. The molecule has 0 radical (unpaired) electrons. The van der Waals surface area contributed by atoms with Crippen molar-refractivity contribution in [2.45, 2.75) is 44.6 Å². The largest absolute Gasteiger partial charge is 0.385 e. The minimum absolute atomic E-state index is 0.628. The Balaban J connectivity index is 2.14. The highest BCUT2D eigenvalue weighted by Crippen LogP contribution is 2.42. The maximum absolute atomic E-state index is 10.6. The molecule has 0 heterocycles. The SMILES string of the molecule is CC1(O)CCCc2c1cc1c3c(cccc23)CC1. The standard InChI is InChI=1S/C17H18O/c1-17(18)9-3-6-13-14-5-2-4-11-7-8-12(16(11)14)10-15(13)17/h2,4-5,10,18H,3,6-9H2,1H3. The molecule has 0 fully saturated rings. The van der Waals surface area contributed by atoms with E-state index in [4.69, 9.17) is 0 Å². The highest BCUT2D eigenvalue weighted by molar-refractivity contribution is 5.94. The van der Waals surface area contributed by atoms with Crippen molar-refractivity contribution in [3.8, 4) is 0 Å². The first-order valence-electron chi connectivity index (χ1n) is 6.96. The van der Waals surface area contributed by atoms with Gasteiger partial charge in [-0.2, -0.15) is 0 Å². The number of hydrogen-bond acceptors (Lipinski definition) is 1. The van der Waals surface area contributed by atoms with Crippen LogP contribution in [0.1, 0.15) is 42.0 Å². The first-order chi connectivity index (χ1) is 8.67. The molecule has 1 heteroatoms. The Morgan fingerprint density at radius 3 is 2.83 bits per heavy atom. The van der Waals surface area contributed by atoms with E-state index in [9.17, 15) is 5.11 Å². The average Bonchev–Trinajstić information content (AvgIpc) is 2.76. The molecule has 0 amide bonds. The monoisotopic (exact) mass is 238 g/mol. The fourth-order valence-electron chi connectivity index (χ4n) is 3.88. The summed E-state index contributed by atoms with van der Waals surface area (Å²) >= 11 is 0. The van der Waals surface area contributed by atoms with Crippen molar-refractivity contribution in [1.29, 1.82) is 0 Å². The molecule has 0 aliphatic heterocycles. The van der Waals surface area contributed by atoms with E-state index in [1.54, 1.807) is 0 Å². The molecule has 1 atom stereocenters. The predicted molar refractivity (Wildman–Crippen MR) is 73.9 cm³/mol. The lowest BCUT2D eigenvalue weighted by Crippen LogP contribution is -2.27. The van der Waals surface area contributed by atoms with Gasteiger partial charge in [0, 0.05) is 0 Å². The van der Waals surface area contributed by atoms with Gasteiger partial charge in [0.2, 0.25) is 0 Å². The summed E-state index contributed by atoms with van der Waals surface area (Å²) in [7, 11) is 0. The first kappa shape index (κ1) is 10.6. The minimum Gasteiger partial charge on any atom is -0.385 e. The van der Waals surface area contributed by atoms with E-state index in [-0.39, 0.29) is 0 Å². The molecular formula is C17H18O. The second kappa shape index (κ2) is 3.36. The fourth-order valence-corrected chi connectivity index (χ4v) is 3.88. The summed E-state index contributed by atoms with van der Waals surface area (Å²) in [6.45, 7) is 1.97. The molecule has 92 valence electrons.